The molecule has 382 valence electrons. The van der Waals surface area contributed by atoms with Crippen molar-refractivity contribution in [1.29, 1.82) is 0 Å². The first-order valence-corrected chi connectivity index (χ1v) is 27.4. The number of aromatic nitrogens is 4. The number of hydrogen-bond acceptors (Lipinski definition) is 15. The Hall–Kier alpha value is -7.00. The molecule has 0 bridgehead atoms. The number of imide groups is 2. The monoisotopic (exact) mass is 1030 g/mol. The molecular weight excluding hydrogens is 971 g/mol. The van der Waals surface area contributed by atoms with Gasteiger partial charge in [0.1, 0.15) is 35.4 Å². The number of piperidine rings is 2. The van der Waals surface area contributed by atoms with E-state index < -0.39 is 29.7 Å². The largest absolute Gasteiger partial charge is 0.457 e. The Morgan fingerprint density at radius 2 is 1.67 bits per heavy atom. The zero-order valence-corrected chi connectivity index (χ0v) is 42.1. The van der Waals surface area contributed by atoms with Crippen LogP contribution in [0.2, 0.25) is 0 Å². The first-order valence-electron chi connectivity index (χ1n) is 25.0. The molecule has 4 aliphatic heterocycles. The number of unbranched alkanes of at least 4 members (excludes halogenated alkanes) is 1. The van der Waals surface area contributed by atoms with Gasteiger partial charge < -0.3 is 30.9 Å². The SMILES string of the molecule is Nc1ncnc2c1c(-c1ccc(Oc3ccccc3)cc1)nn2[C@@H]1CCCN(C(=O)CCCN(CCCNC(=O)CNc2cccc3c2C(=O)N(C2CCC(=O)NC2=O)C3=O)C(=O)CCCCC2CCSS2)C1. The normalized spacial score (nSPS) is 18.7. The van der Waals surface area contributed by atoms with Crippen LogP contribution in [-0.4, -0.2) is 132 Å². The average Bonchev–Trinajstić information content (AvgIpc) is 4.13. The lowest BCUT2D eigenvalue weighted by molar-refractivity contribution is -0.136. The lowest BCUT2D eigenvalue weighted by atomic mass is 10.0. The summed E-state index contributed by atoms with van der Waals surface area (Å²) in [5.74, 6) is 0.0855. The van der Waals surface area contributed by atoms with E-state index in [1.165, 1.54) is 18.8 Å². The van der Waals surface area contributed by atoms with E-state index in [0.29, 0.717) is 79.0 Å². The fraction of sp³-hybridized carbons (Fsp3) is 0.423. The van der Waals surface area contributed by atoms with Crippen LogP contribution in [0.25, 0.3) is 22.3 Å². The molecule has 3 atom stereocenters. The lowest BCUT2D eigenvalue weighted by Crippen LogP contribution is -2.54. The fourth-order valence-corrected chi connectivity index (χ4v) is 12.9. The summed E-state index contributed by atoms with van der Waals surface area (Å²) < 4.78 is 7.89. The van der Waals surface area contributed by atoms with Crippen LogP contribution in [0.5, 0.6) is 11.5 Å². The molecule has 6 heterocycles. The maximum absolute atomic E-state index is 13.9. The fourth-order valence-electron chi connectivity index (χ4n) is 9.85. The van der Waals surface area contributed by atoms with Crippen molar-refractivity contribution in [2.45, 2.75) is 94.4 Å². The molecule has 21 heteroatoms. The van der Waals surface area contributed by atoms with E-state index in [4.69, 9.17) is 15.6 Å². The number of amides is 7. The molecule has 0 spiro atoms. The smallest absolute Gasteiger partial charge is 0.264 e. The number of nitrogens with two attached hydrogens (primary N) is 1. The summed E-state index contributed by atoms with van der Waals surface area (Å²) in [4.78, 5) is 105. The van der Waals surface area contributed by atoms with Gasteiger partial charge in [0.2, 0.25) is 29.5 Å². The van der Waals surface area contributed by atoms with Crippen molar-refractivity contribution >= 4 is 85.5 Å². The van der Waals surface area contributed by atoms with Gasteiger partial charge in [-0.15, -0.1) is 0 Å². The van der Waals surface area contributed by atoms with E-state index >= 15 is 0 Å². The number of nitrogens with one attached hydrogen (secondary N) is 3. The number of carbonyl (C=O) groups is 7. The highest BCUT2D eigenvalue weighted by molar-refractivity contribution is 8.77. The molecule has 3 aromatic carbocycles. The Morgan fingerprint density at radius 3 is 2.47 bits per heavy atom. The molecule has 5 N–H and O–H groups in total. The van der Waals surface area contributed by atoms with E-state index in [2.05, 4.69) is 25.9 Å². The number of likely N-dealkylation sites (tertiary alicyclic amines) is 1. The molecule has 0 radical (unpaired) electrons. The van der Waals surface area contributed by atoms with Gasteiger partial charge in [0, 0.05) is 74.2 Å². The number of fused-ring (bicyclic) bond motifs is 2. The summed E-state index contributed by atoms with van der Waals surface area (Å²) in [5.41, 5.74) is 8.97. The van der Waals surface area contributed by atoms with Crippen LogP contribution in [0, 0.1) is 0 Å². The third-order valence-corrected chi connectivity index (χ3v) is 16.6. The average molecular weight is 1030 g/mol. The first kappa shape index (κ1) is 50.9. The minimum absolute atomic E-state index is 0.00225. The highest BCUT2D eigenvalue weighted by Gasteiger charge is 2.45. The van der Waals surface area contributed by atoms with Crippen molar-refractivity contribution in [3.8, 4) is 22.8 Å². The standard InChI is InChI=1S/C52H59N11O8S2/c53-48-46-47(33-18-20-36(21-19-33)71-35-11-2-1-3-12-35)59-63(49(46)57-32-56-48)34-10-7-27-61(31-34)44(67)17-8-26-60(43(66)16-5-4-13-37-24-29-72-73-37)28-9-25-54-42(65)30-55-39-15-6-14-38-45(39)52(70)62(51(38)69)40-22-23-41(64)58-50(40)68/h1-3,6,11-12,14-15,18-21,32,34,37,40,55H,4-5,7-10,13,16-17,22-31H2,(H,54,65)(H2,53,56,57)(H,58,64,68)/t34-,37?,40?/m1/s1. The number of nitrogen functional groups attached to an aromatic ring is 1. The Kier molecular flexibility index (Phi) is 16.5. The third kappa shape index (κ3) is 12.1. The van der Waals surface area contributed by atoms with Crippen LogP contribution in [0.15, 0.2) is 79.1 Å². The quantitative estimate of drug-likeness (QED) is 0.0354. The van der Waals surface area contributed by atoms with Gasteiger partial charge in [0.05, 0.1) is 29.1 Å². The molecule has 5 aromatic rings. The Labute approximate surface area is 430 Å². The van der Waals surface area contributed by atoms with E-state index in [0.717, 1.165) is 54.1 Å². The molecule has 7 amide bonds. The molecule has 73 heavy (non-hydrogen) atoms. The van der Waals surface area contributed by atoms with Crippen molar-refractivity contribution in [1.82, 2.24) is 45.1 Å². The predicted molar refractivity (Wildman–Crippen MR) is 279 cm³/mol. The van der Waals surface area contributed by atoms with Gasteiger partial charge in [-0.1, -0.05) is 52.3 Å². The van der Waals surface area contributed by atoms with Crippen molar-refractivity contribution in [2.75, 3.05) is 56.1 Å². The van der Waals surface area contributed by atoms with Crippen LogP contribution < -0.4 is 26.4 Å². The highest BCUT2D eigenvalue weighted by Crippen LogP contribution is 2.40. The van der Waals surface area contributed by atoms with Crippen LogP contribution in [0.1, 0.15) is 104 Å². The number of rotatable bonds is 21. The number of carbonyl (C=O) groups excluding carboxylic acids is 7. The maximum atomic E-state index is 13.9. The molecule has 9 rings (SSSR count). The lowest BCUT2D eigenvalue weighted by Gasteiger charge is -2.33. The summed E-state index contributed by atoms with van der Waals surface area (Å²) in [6.07, 6.45) is 8.69. The molecule has 0 aliphatic carbocycles. The molecule has 19 nitrogen and oxygen atoms in total. The van der Waals surface area contributed by atoms with Gasteiger partial charge >= 0.3 is 0 Å². The number of nitrogens with zero attached hydrogens (tertiary/aromatic N) is 7. The second-order valence-corrected chi connectivity index (χ2v) is 21.4. The molecule has 3 fully saturated rings. The van der Waals surface area contributed by atoms with Gasteiger partial charge in [-0.2, -0.15) is 5.10 Å². The molecule has 4 aliphatic rings. The van der Waals surface area contributed by atoms with E-state index in [1.54, 1.807) is 12.1 Å². The van der Waals surface area contributed by atoms with Crippen molar-refractivity contribution < 1.29 is 38.3 Å². The second-order valence-electron chi connectivity index (χ2n) is 18.6. The predicted octanol–water partition coefficient (Wildman–Crippen LogP) is 6.37. The molecule has 3 saturated heterocycles. The minimum atomic E-state index is -1.11. The first-order chi connectivity index (χ1) is 35.5. The zero-order chi connectivity index (χ0) is 50.8. The maximum Gasteiger partial charge on any atom is 0.264 e. The Balaban J connectivity index is 0.777. The van der Waals surface area contributed by atoms with Crippen LogP contribution in [0.3, 0.4) is 0 Å². The van der Waals surface area contributed by atoms with Crippen molar-refractivity contribution in [3.63, 3.8) is 0 Å². The van der Waals surface area contributed by atoms with Crippen LogP contribution in [-0.2, 0) is 24.0 Å². The van der Waals surface area contributed by atoms with Gasteiger partial charge in [0.25, 0.3) is 11.8 Å². The third-order valence-electron chi connectivity index (χ3n) is 13.6. The summed E-state index contributed by atoms with van der Waals surface area (Å²) in [5, 5.41) is 14.4. The number of benzene rings is 3. The minimum Gasteiger partial charge on any atom is -0.457 e. The summed E-state index contributed by atoms with van der Waals surface area (Å²) in [7, 11) is 3.84. The van der Waals surface area contributed by atoms with Crippen molar-refractivity contribution in [3.05, 3.63) is 90.3 Å². The molecule has 0 saturated carbocycles. The van der Waals surface area contributed by atoms with E-state index in [-0.39, 0.29) is 72.9 Å². The van der Waals surface area contributed by atoms with Gasteiger partial charge in [-0.3, -0.25) is 43.8 Å². The van der Waals surface area contributed by atoms with Gasteiger partial charge in [0.15, 0.2) is 5.65 Å². The number of ether oxygens (including phenoxy) is 1. The highest BCUT2D eigenvalue weighted by atomic mass is 33.1. The Bertz CT molecular complexity index is 2860. The van der Waals surface area contributed by atoms with Gasteiger partial charge in [-0.25, -0.2) is 14.6 Å². The molecule has 2 unspecified atom stereocenters. The molecule has 2 aromatic heterocycles. The van der Waals surface area contributed by atoms with Crippen LogP contribution >= 0.6 is 21.6 Å². The second kappa shape index (κ2) is 23.7. The summed E-state index contributed by atoms with van der Waals surface area (Å²) in [6.45, 7) is 1.92. The zero-order valence-electron chi connectivity index (χ0n) is 40.5. The van der Waals surface area contributed by atoms with E-state index in [1.807, 2.05) is 90.7 Å². The van der Waals surface area contributed by atoms with Crippen molar-refractivity contribution in [2.24, 2.45) is 0 Å². The summed E-state index contributed by atoms with van der Waals surface area (Å²) >= 11 is 0. The molecular formula is C52H59N11O8S2. The number of anilines is 2. The summed E-state index contributed by atoms with van der Waals surface area (Å²) in [6, 6.07) is 20.6. The Morgan fingerprint density at radius 1 is 0.863 bits per heavy atom. The van der Waals surface area contributed by atoms with E-state index in [9.17, 15) is 33.6 Å². The topological polar surface area (TPSA) is 244 Å². The number of para-hydroxylation sites is 1. The van der Waals surface area contributed by atoms with Gasteiger partial charge in [-0.05, 0) is 99.9 Å². The van der Waals surface area contributed by atoms with Crippen LogP contribution in [0.4, 0.5) is 11.5 Å². The number of hydrogen-bond donors (Lipinski definition) is 4.